The summed E-state index contributed by atoms with van der Waals surface area (Å²) in [5, 5.41) is 12.4. The van der Waals surface area contributed by atoms with Gasteiger partial charge in [-0.05, 0) is 87.1 Å². The van der Waals surface area contributed by atoms with Gasteiger partial charge in [0, 0.05) is 23.5 Å². The molecular formula is C25H29N3O. The summed E-state index contributed by atoms with van der Waals surface area (Å²) in [6, 6.07) is 15.8. The predicted molar refractivity (Wildman–Crippen MR) is 120 cm³/mol. The minimum absolute atomic E-state index is 0.0996. The second-order valence-electron chi connectivity index (χ2n) is 8.47. The van der Waals surface area contributed by atoms with Gasteiger partial charge < -0.3 is 10.2 Å². The lowest BCUT2D eigenvalue weighted by Gasteiger charge is -2.47. The molecule has 2 aromatic carbocycles. The van der Waals surface area contributed by atoms with E-state index >= 15 is 0 Å². The maximum atomic E-state index is 12.6. The molecule has 3 rings (SSSR count). The van der Waals surface area contributed by atoms with Crippen LogP contribution in [0.15, 0.2) is 48.0 Å². The zero-order valence-corrected chi connectivity index (χ0v) is 17.9. The van der Waals surface area contributed by atoms with E-state index in [4.69, 9.17) is 0 Å². The van der Waals surface area contributed by atoms with Crippen LogP contribution >= 0.6 is 0 Å². The number of hydrogen-bond acceptors (Lipinski definition) is 3. The van der Waals surface area contributed by atoms with Crippen molar-refractivity contribution in [1.82, 2.24) is 0 Å². The molecule has 1 N–H and O–H groups in total. The molecule has 1 aliphatic heterocycles. The van der Waals surface area contributed by atoms with Crippen LogP contribution in [-0.4, -0.2) is 18.0 Å². The highest BCUT2D eigenvalue weighted by atomic mass is 16.1. The molecule has 0 fully saturated rings. The van der Waals surface area contributed by atoms with Crippen LogP contribution in [-0.2, 0) is 4.79 Å². The molecule has 0 saturated heterocycles. The highest BCUT2D eigenvalue weighted by molar-refractivity contribution is 6.09. The van der Waals surface area contributed by atoms with Gasteiger partial charge in [-0.2, -0.15) is 5.26 Å². The molecule has 0 aromatic heterocycles. The number of fused-ring (bicyclic) bond motifs is 1. The third-order valence-corrected chi connectivity index (χ3v) is 5.68. The summed E-state index contributed by atoms with van der Waals surface area (Å²) in [5.74, 6) is 0.0305. The number of carbonyl (C=O) groups excluding carboxylic acids is 1. The van der Waals surface area contributed by atoms with Crippen LogP contribution in [0.2, 0.25) is 0 Å². The number of carbonyl (C=O) groups is 1. The predicted octanol–water partition coefficient (Wildman–Crippen LogP) is 5.65. The molecule has 1 amide bonds. The van der Waals surface area contributed by atoms with Crippen molar-refractivity contribution in [3.05, 3.63) is 64.7 Å². The van der Waals surface area contributed by atoms with Crippen LogP contribution in [0.5, 0.6) is 0 Å². The van der Waals surface area contributed by atoms with E-state index in [1.807, 2.05) is 43.3 Å². The zero-order chi connectivity index (χ0) is 21.2. The van der Waals surface area contributed by atoms with Gasteiger partial charge in [0.2, 0.25) is 0 Å². The Morgan fingerprint density at radius 2 is 2.07 bits per heavy atom. The topological polar surface area (TPSA) is 56.1 Å². The van der Waals surface area contributed by atoms with Crippen molar-refractivity contribution >= 4 is 23.4 Å². The van der Waals surface area contributed by atoms with Gasteiger partial charge in [0.25, 0.3) is 5.91 Å². The van der Waals surface area contributed by atoms with Gasteiger partial charge in [0.1, 0.15) is 11.6 Å². The monoisotopic (exact) mass is 387 g/mol. The van der Waals surface area contributed by atoms with Crippen LogP contribution in [0.25, 0.3) is 6.08 Å². The first-order valence-electron chi connectivity index (χ1n) is 10.2. The first kappa shape index (κ1) is 20.7. The SMILES string of the molecule is CCN1c2ccc(/C=C(/C#N)C(=O)Nc3cccc(C)c3)cc2[C@H](C)CC1(C)C. The van der Waals surface area contributed by atoms with E-state index in [0.717, 1.165) is 24.1 Å². The molecule has 0 unspecified atom stereocenters. The molecule has 4 heteroatoms. The Kier molecular flexibility index (Phi) is 5.79. The Hall–Kier alpha value is -3.06. The molecule has 1 heterocycles. The fraction of sp³-hybridized carbons (Fsp3) is 0.360. The zero-order valence-electron chi connectivity index (χ0n) is 17.9. The highest BCUT2D eigenvalue weighted by Crippen LogP contribution is 2.43. The third-order valence-electron chi connectivity index (χ3n) is 5.68. The van der Waals surface area contributed by atoms with Crippen LogP contribution in [0, 0.1) is 18.3 Å². The first-order valence-corrected chi connectivity index (χ1v) is 10.2. The van der Waals surface area contributed by atoms with Gasteiger partial charge in [0.05, 0.1) is 0 Å². The lowest BCUT2D eigenvalue weighted by Crippen LogP contribution is -2.48. The number of aryl methyl sites for hydroxylation is 1. The van der Waals surface area contributed by atoms with Crippen molar-refractivity contribution in [3.63, 3.8) is 0 Å². The Bertz CT molecular complexity index is 997. The molecule has 0 radical (unpaired) electrons. The Morgan fingerprint density at radius 1 is 1.31 bits per heavy atom. The Labute approximate surface area is 173 Å². The molecule has 29 heavy (non-hydrogen) atoms. The lowest BCUT2D eigenvalue weighted by atomic mass is 9.79. The summed E-state index contributed by atoms with van der Waals surface area (Å²) < 4.78 is 0. The summed E-state index contributed by atoms with van der Waals surface area (Å²) in [7, 11) is 0. The maximum absolute atomic E-state index is 12.6. The number of amides is 1. The van der Waals surface area contributed by atoms with E-state index < -0.39 is 0 Å². The van der Waals surface area contributed by atoms with E-state index in [1.54, 1.807) is 6.08 Å². The van der Waals surface area contributed by atoms with Gasteiger partial charge in [0.15, 0.2) is 0 Å². The van der Waals surface area contributed by atoms with Gasteiger partial charge in [-0.1, -0.05) is 25.1 Å². The standard InChI is InChI=1S/C25H29N3O/c1-6-28-23-11-10-19(14-22(23)18(3)15-25(28,4)5)13-20(16-26)24(29)27-21-9-7-8-17(2)12-21/h7-14,18H,6,15H2,1-5H3,(H,27,29)/b20-13-/t18-/m1/s1. The summed E-state index contributed by atoms with van der Waals surface area (Å²) >= 11 is 0. The van der Waals surface area contributed by atoms with Gasteiger partial charge in [-0.3, -0.25) is 4.79 Å². The maximum Gasteiger partial charge on any atom is 0.266 e. The fourth-order valence-electron chi connectivity index (χ4n) is 4.43. The van der Waals surface area contributed by atoms with Crippen molar-refractivity contribution in [3.8, 4) is 6.07 Å². The average molecular weight is 388 g/mol. The fourth-order valence-corrected chi connectivity index (χ4v) is 4.43. The van der Waals surface area contributed by atoms with Crippen LogP contribution in [0.3, 0.4) is 0 Å². The second-order valence-corrected chi connectivity index (χ2v) is 8.47. The quantitative estimate of drug-likeness (QED) is 0.544. The van der Waals surface area contributed by atoms with Gasteiger partial charge in [-0.25, -0.2) is 0 Å². The van der Waals surface area contributed by atoms with Crippen molar-refractivity contribution < 1.29 is 4.79 Å². The molecule has 0 aliphatic carbocycles. The van der Waals surface area contributed by atoms with Gasteiger partial charge >= 0.3 is 0 Å². The largest absolute Gasteiger partial charge is 0.366 e. The van der Waals surface area contributed by atoms with E-state index in [2.05, 4.69) is 50.0 Å². The van der Waals surface area contributed by atoms with Crippen LogP contribution in [0.1, 0.15) is 56.7 Å². The summed E-state index contributed by atoms with van der Waals surface area (Å²) in [5.41, 5.74) is 5.36. The van der Waals surface area contributed by atoms with Gasteiger partial charge in [-0.15, -0.1) is 0 Å². The van der Waals surface area contributed by atoms with Crippen LogP contribution in [0.4, 0.5) is 11.4 Å². The van der Waals surface area contributed by atoms with Crippen molar-refractivity contribution in [1.29, 1.82) is 5.26 Å². The number of rotatable bonds is 4. The minimum Gasteiger partial charge on any atom is -0.366 e. The minimum atomic E-state index is -0.389. The van der Waals surface area contributed by atoms with E-state index in [9.17, 15) is 10.1 Å². The first-order chi connectivity index (χ1) is 13.7. The molecule has 0 spiro atoms. The second kappa shape index (κ2) is 8.13. The molecule has 0 bridgehead atoms. The lowest BCUT2D eigenvalue weighted by molar-refractivity contribution is -0.112. The Morgan fingerprint density at radius 3 is 2.72 bits per heavy atom. The number of nitriles is 1. The van der Waals surface area contributed by atoms with Crippen molar-refractivity contribution in [2.75, 3.05) is 16.8 Å². The van der Waals surface area contributed by atoms with E-state index in [0.29, 0.717) is 11.6 Å². The molecule has 150 valence electrons. The molecule has 2 aromatic rings. The normalized spacial score (nSPS) is 18.0. The average Bonchev–Trinajstić information content (AvgIpc) is 2.66. The van der Waals surface area contributed by atoms with Crippen LogP contribution < -0.4 is 10.2 Å². The van der Waals surface area contributed by atoms with E-state index in [1.165, 1.54) is 11.3 Å². The smallest absolute Gasteiger partial charge is 0.266 e. The highest BCUT2D eigenvalue weighted by Gasteiger charge is 2.35. The van der Waals surface area contributed by atoms with Crippen molar-refractivity contribution in [2.45, 2.75) is 52.5 Å². The summed E-state index contributed by atoms with van der Waals surface area (Å²) in [6.07, 6.45) is 2.74. The number of hydrogen-bond donors (Lipinski definition) is 1. The summed E-state index contributed by atoms with van der Waals surface area (Å²) in [6.45, 7) is 11.9. The number of benzene rings is 2. The molecule has 4 nitrogen and oxygen atoms in total. The number of anilines is 2. The number of nitrogens with zero attached hydrogens (tertiary/aromatic N) is 2. The molecular weight excluding hydrogens is 358 g/mol. The van der Waals surface area contributed by atoms with Crippen molar-refractivity contribution in [2.24, 2.45) is 0 Å². The van der Waals surface area contributed by atoms with E-state index in [-0.39, 0.29) is 17.0 Å². The Balaban J connectivity index is 1.90. The molecule has 0 saturated carbocycles. The molecule has 1 atom stereocenters. The summed E-state index contributed by atoms with van der Waals surface area (Å²) in [4.78, 5) is 15.0. The molecule has 1 aliphatic rings. The third kappa shape index (κ3) is 4.35. The number of nitrogens with one attached hydrogen (secondary N) is 1.